The highest BCUT2D eigenvalue weighted by Gasteiger charge is 2.19. The zero-order chi connectivity index (χ0) is 14.5. The lowest BCUT2D eigenvalue weighted by atomic mass is 10.1. The van der Waals surface area contributed by atoms with Crippen molar-refractivity contribution in [1.82, 2.24) is 14.7 Å². The molecule has 1 fully saturated rings. The van der Waals surface area contributed by atoms with E-state index in [1.807, 2.05) is 0 Å². The number of nitrogens with zero attached hydrogens (tertiary/aromatic N) is 3. The van der Waals surface area contributed by atoms with Crippen LogP contribution in [0.15, 0.2) is 15.5 Å². The van der Waals surface area contributed by atoms with E-state index in [0.717, 1.165) is 38.2 Å². The first kappa shape index (κ1) is 15.1. The van der Waals surface area contributed by atoms with Gasteiger partial charge in [-0.25, -0.2) is 4.68 Å². The molecule has 1 aromatic heterocycles. The van der Waals surface area contributed by atoms with E-state index in [4.69, 9.17) is 6.42 Å². The Morgan fingerprint density at radius 2 is 2.25 bits per heavy atom. The van der Waals surface area contributed by atoms with E-state index in [1.165, 1.54) is 4.68 Å². The van der Waals surface area contributed by atoms with Gasteiger partial charge in [0.05, 0.1) is 11.9 Å². The van der Waals surface area contributed by atoms with E-state index >= 15 is 0 Å². The van der Waals surface area contributed by atoms with Crippen molar-refractivity contribution in [2.24, 2.45) is 0 Å². The van der Waals surface area contributed by atoms with Gasteiger partial charge in [-0.2, -0.15) is 5.10 Å². The van der Waals surface area contributed by atoms with Crippen LogP contribution in [0, 0.1) is 12.3 Å². The van der Waals surface area contributed by atoms with Gasteiger partial charge in [-0.1, -0.05) is 12.8 Å². The molecule has 1 N–H and O–H groups in total. The number of likely N-dealkylation sites (tertiary alicyclic amines) is 1. The van der Waals surface area contributed by atoms with Crippen molar-refractivity contribution in [1.29, 1.82) is 0 Å². The third kappa shape index (κ3) is 3.41. The lowest BCUT2D eigenvalue weighted by Crippen LogP contribution is -2.39. The minimum Gasteiger partial charge on any atom is -0.380 e. The number of piperidine rings is 1. The Labute approximate surface area is 127 Å². The van der Waals surface area contributed by atoms with Crippen LogP contribution in [0.25, 0.3) is 0 Å². The maximum absolute atomic E-state index is 12.0. The van der Waals surface area contributed by atoms with Gasteiger partial charge in [0.2, 0.25) is 0 Å². The molecule has 2 heterocycles. The molecule has 0 aromatic carbocycles. The second-order valence-corrected chi connectivity index (χ2v) is 5.69. The number of hydrogen-bond acceptors (Lipinski definition) is 4. The summed E-state index contributed by atoms with van der Waals surface area (Å²) in [6, 6.07) is 0.388. The molecule has 108 valence electrons. The van der Waals surface area contributed by atoms with E-state index in [1.54, 1.807) is 6.20 Å². The molecule has 1 aliphatic rings. The van der Waals surface area contributed by atoms with Gasteiger partial charge in [-0.15, -0.1) is 6.42 Å². The maximum atomic E-state index is 12.0. The van der Waals surface area contributed by atoms with Gasteiger partial charge in [-0.3, -0.25) is 4.79 Å². The topological polar surface area (TPSA) is 50.2 Å². The van der Waals surface area contributed by atoms with Crippen LogP contribution in [-0.4, -0.2) is 40.4 Å². The molecule has 0 unspecified atom stereocenters. The summed E-state index contributed by atoms with van der Waals surface area (Å²) in [6.07, 6.45) is 9.02. The molecule has 0 atom stereocenters. The van der Waals surface area contributed by atoms with Crippen molar-refractivity contribution in [3.05, 3.63) is 21.0 Å². The number of terminal acetylenes is 1. The van der Waals surface area contributed by atoms with Crippen LogP contribution in [0.1, 0.15) is 19.8 Å². The Hall–Kier alpha value is -1.32. The summed E-state index contributed by atoms with van der Waals surface area (Å²) in [5, 5.41) is 7.49. The molecule has 5 nitrogen and oxygen atoms in total. The van der Waals surface area contributed by atoms with Gasteiger partial charge in [-0.05, 0) is 35.3 Å². The molecule has 0 bridgehead atoms. The number of halogens is 1. The Bertz CT molecular complexity index is 555. The van der Waals surface area contributed by atoms with E-state index in [9.17, 15) is 4.79 Å². The largest absolute Gasteiger partial charge is 0.380 e. The average Bonchev–Trinajstić information content (AvgIpc) is 2.48. The molecule has 0 aliphatic carbocycles. The van der Waals surface area contributed by atoms with Crippen LogP contribution in [0.4, 0.5) is 5.69 Å². The van der Waals surface area contributed by atoms with Gasteiger partial charge in [0.25, 0.3) is 5.56 Å². The van der Waals surface area contributed by atoms with Gasteiger partial charge < -0.3 is 10.2 Å². The van der Waals surface area contributed by atoms with Gasteiger partial charge in [0, 0.05) is 19.1 Å². The maximum Gasteiger partial charge on any atom is 0.284 e. The molecule has 0 radical (unpaired) electrons. The second-order valence-electron chi connectivity index (χ2n) is 4.89. The Kier molecular flexibility index (Phi) is 5.21. The van der Waals surface area contributed by atoms with E-state index in [0.29, 0.717) is 10.5 Å². The molecule has 1 saturated heterocycles. The third-order valence-corrected chi connectivity index (χ3v) is 4.39. The number of rotatable bonds is 4. The first-order chi connectivity index (χ1) is 9.65. The molecule has 1 aliphatic heterocycles. The zero-order valence-electron chi connectivity index (χ0n) is 11.6. The van der Waals surface area contributed by atoms with Gasteiger partial charge >= 0.3 is 0 Å². The predicted octanol–water partition coefficient (Wildman–Crippen LogP) is 1.54. The van der Waals surface area contributed by atoms with Crippen LogP contribution in [0.2, 0.25) is 0 Å². The first-order valence-corrected chi connectivity index (χ1v) is 7.63. The smallest absolute Gasteiger partial charge is 0.284 e. The van der Waals surface area contributed by atoms with Crippen molar-refractivity contribution in [2.45, 2.75) is 32.4 Å². The summed E-state index contributed by atoms with van der Waals surface area (Å²) in [4.78, 5) is 14.5. The summed E-state index contributed by atoms with van der Waals surface area (Å²) >= 11 is 3.34. The second kappa shape index (κ2) is 6.91. The molecule has 0 saturated carbocycles. The summed E-state index contributed by atoms with van der Waals surface area (Å²) in [5.74, 6) is 2.42. The molecular formula is C14H19BrN4O. The van der Waals surface area contributed by atoms with Crippen molar-refractivity contribution in [3.63, 3.8) is 0 Å². The lowest BCUT2D eigenvalue weighted by Gasteiger charge is -2.32. The lowest BCUT2D eigenvalue weighted by molar-refractivity contribution is 0.229. The summed E-state index contributed by atoms with van der Waals surface area (Å²) in [6.45, 7) is 5.65. The molecule has 1 aromatic rings. The minimum atomic E-state index is -0.195. The molecule has 6 heteroatoms. The SMILES string of the molecule is C#CCn1ncc(NC2CCN(CC)CC2)c(Br)c1=O. The van der Waals surface area contributed by atoms with E-state index < -0.39 is 0 Å². The predicted molar refractivity (Wildman–Crippen MR) is 83.8 cm³/mol. The molecule has 0 amide bonds. The highest BCUT2D eigenvalue weighted by molar-refractivity contribution is 9.10. The van der Waals surface area contributed by atoms with Crippen molar-refractivity contribution in [2.75, 3.05) is 25.0 Å². The van der Waals surface area contributed by atoms with Crippen LogP contribution in [0.3, 0.4) is 0 Å². The van der Waals surface area contributed by atoms with Crippen LogP contribution in [0.5, 0.6) is 0 Å². The van der Waals surface area contributed by atoms with E-state index in [2.05, 4.69) is 44.1 Å². The van der Waals surface area contributed by atoms with Gasteiger partial charge in [0.1, 0.15) is 11.0 Å². The molecule has 0 spiro atoms. The van der Waals surface area contributed by atoms with Crippen molar-refractivity contribution < 1.29 is 0 Å². The summed E-state index contributed by atoms with van der Waals surface area (Å²) < 4.78 is 1.77. The first-order valence-electron chi connectivity index (χ1n) is 6.83. The van der Waals surface area contributed by atoms with Crippen LogP contribution in [-0.2, 0) is 6.54 Å². The third-order valence-electron chi connectivity index (χ3n) is 3.62. The highest BCUT2D eigenvalue weighted by atomic mass is 79.9. The Balaban J connectivity index is 2.06. The molecule has 20 heavy (non-hydrogen) atoms. The fraction of sp³-hybridized carbons (Fsp3) is 0.571. The summed E-state index contributed by atoms with van der Waals surface area (Å²) in [7, 11) is 0. The quantitative estimate of drug-likeness (QED) is 0.846. The monoisotopic (exact) mass is 338 g/mol. The minimum absolute atomic E-state index is 0.187. The highest BCUT2D eigenvalue weighted by Crippen LogP contribution is 2.21. The molecular weight excluding hydrogens is 320 g/mol. The van der Waals surface area contributed by atoms with E-state index in [-0.39, 0.29) is 12.1 Å². The Morgan fingerprint density at radius 1 is 1.55 bits per heavy atom. The normalized spacial score (nSPS) is 16.9. The number of nitrogens with one attached hydrogen (secondary N) is 1. The Morgan fingerprint density at radius 3 is 2.85 bits per heavy atom. The number of aromatic nitrogens is 2. The number of anilines is 1. The fourth-order valence-corrected chi connectivity index (χ4v) is 2.80. The standard InChI is InChI=1S/C14H19BrN4O/c1-3-7-19-14(20)13(15)12(10-16-19)17-11-5-8-18(4-2)9-6-11/h1,10-11,17H,4-9H2,2H3. The fourth-order valence-electron chi connectivity index (χ4n) is 2.38. The summed E-state index contributed by atoms with van der Waals surface area (Å²) in [5.41, 5.74) is 0.553. The van der Waals surface area contributed by atoms with Crippen molar-refractivity contribution in [3.8, 4) is 12.3 Å². The molecule has 2 rings (SSSR count). The number of hydrogen-bond donors (Lipinski definition) is 1. The van der Waals surface area contributed by atoms with Crippen LogP contribution >= 0.6 is 15.9 Å². The average molecular weight is 339 g/mol. The van der Waals surface area contributed by atoms with Gasteiger partial charge in [0.15, 0.2) is 0 Å². The van der Waals surface area contributed by atoms with Crippen molar-refractivity contribution >= 4 is 21.6 Å². The van der Waals surface area contributed by atoms with Crippen LogP contribution < -0.4 is 10.9 Å². The zero-order valence-corrected chi connectivity index (χ0v) is 13.2.